The lowest BCUT2D eigenvalue weighted by molar-refractivity contribution is 0.237. The largest absolute Gasteiger partial charge is 0.493 e. The number of hydrogen-bond donors (Lipinski definition) is 1. The lowest BCUT2D eigenvalue weighted by atomic mass is 9.82. The van der Waals surface area contributed by atoms with Gasteiger partial charge in [0.1, 0.15) is 12.4 Å². The van der Waals surface area contributed by atoms with Gasteiger partial charge >= 0.3 is 0 Å². The van der Waals surface area contributed by atoms with Crippen LogP contribution in [0.3, 0.4) is 0 Å². The number of rotatable bonds is 8. The van der Waals surface area contributed by atoms with Crippen molar-refractivity contribution >= 4 is 0 Å². The fraction of sp³-hybridized carbons (Fsp3) is 0.478. The smallest absolute Gasteiger partial charge is 0.166 e. The van der Waals surface area contributed by atoms with E-state index < -0.39 is 0 Å². The first-order chi connectivity index (χ1) is 12.6. The van der Waals surface area contributed by atoms with Gasteiger partial charge in [-0.25, -0.2) is 4.39 Å². The van der Waals surface area contributed by atoms with Crippen LogP contribution in [-0.2, 0) is 13.2 Å². The van der Waals surface area contributed by atoms with E-state index in [0.717, 1.165) is 23.3 Å². The summed E-state index contributed by atoms with van der Waals surface area (Å²) in [5.74, 6) is 1.18. The van der Waals surface area contributed by atoms with Crippen LogP contribution >= 0.6 is 0 Å². The molecule has 0 saturated carbocycles. The van der Waals surface area contributed by atoms with Crippen molar-refractivity contribution in [1.29, 1.82) is 0 Å². The first kappa shape index (κ1) is 21.2. The van der Waals surface area contributed by atoms with Gasteiger partial charge in [0.15, 0.2) is 11.5 Å². The summed E-state index contributed by atoms with van der Waals surface area (Å²) in [4.78, 5) is 0. The minimum atomic E-state index is -0.248. The van der Waals surface area contributed by atoms with E-state index in [-0.39, 0.29) is 16.8 Å². The number of methoxy groups -OCH3 is 1. The Morgan fingerprint density at radius 3 is 2.22 bits per heavy atom. The molecule has 0 heterocycles. The Hall–Kier alpha value is -2.07. The van der Waals surface area contributed by atoms with E-state index in [4.69, 9.17) is 9.47 Å². The zero-order valence-electron chi connectivity index (χ0n) is 17.4. The SMILES string of the molecule is COc1cccc(CNC(C)(C)CC(C)(C)C)c1OCc1ccc(F)cc1. The number of benzene rings is 2. The Kier molecular flexibility index (Phi) is 6.88. The standard InChI is InChI=1S/C23H32FNO2/c1-22(2,3)16-23(4,5)25-14-18-8-7-9-20(26-6)21(18)27-15-17-10-12-19(24)13-11-17/h7-13,25H,14-16H2,1-6H3. The second-order valence-electron chi connectivity index (χ2n) is 8.84. The third kappa shape index (κ3) is 6.87. The van der Waals surface area contributed by atoms with Crippen molar-refractivity contribution in [3.63, 3.8) is 0 Å². The normalized spacial score (nSPS) is 12.1. The molecule has 2 aromatic carbocycles. The van der Waals surface area contributed by atoms with Crippen molar-refractivity contribution in [2.24, 2.45) is 5.41 Å². The van der Waals surface area contributed by atoms with Crippen LogP contribution in [0.1, 0.15) is 52.2 Å². The van der Waals surface area contributed by atoms with Crippen LogP contribution < -0.4 is 14.8 Å². The molecule has 0 aliphatic carbocycles. The minimum Gasteiger partial charge on any atom is -0.493 e. The highest BCUT2D eigenvalue weighted by atomic mass is 19.1. The Morgan fingerprint density at radius 1 is 0.963 bits per heavy atom. The van der Waals surface area contributed by atoms with Gasteiger partial charge in [0.05, 0.1) is 7.11 Å². The molecule has 0 amide bonds. The average Bonchev–Trinajstić information content (AvgIpc) is 2.57. The lowest BCUT2D eigenvalue weighted by Crippen LogP contribution is -2.41. The van der Waals surface area contributed by atoms with Crippen LogP contribution in [0, 0.1) is 11.2 Å². The molecule has 0 aliphatic rings. The fourth-order valence-corrected chi connectivity index (χ4v) is 3.48. The molecule has 0 aromatic heterocycles. The predicted molar refractivity (Wildman–Crippen MR) is 109 cm³/mol. The van der Waals surface area contributed by atoms with Gasteiger partial charge in [0.2, 0.25) is 0 Å². The second-order valence-corrected chi connectivity index (χ2v) is 8.84. The number of nitrogens with one attached hydrogen (secondary N) is 1. The van der Waals surface area contributed by atoms with Crippen molar-refractivity contribution in [2.75, 3.05) is 7.11 Å². The Morgan fingerprint density at radius 2 is 1.63 bits per heavy atom. The van der Waals surface area contributed by atoms with Crippen LogP contribution in [0.15, 0.2) is 42.5 Å². The number of para-hydroxylation sites is 1. The summed E-state index contributed by atoms with van der Waals surface area (Å²) in [5.41, 5.74) is 2.19. The van der Waals surface area contributed by atoms with Gasteiger partial charge in [-0.05, 0) is 49.4 Å². The molecule has 1 N–H and O–H groups in total. The van der Waals surface area contributed by atoms with Gasteiger partial charge < -0.3 is 14.8 Å². The average molecular weight is 374 g/mol. The summed E-state index contributed by atoms with van der Waals surface area (Å²) in [6.45, 7) is 12.2. The maximum absolute atomic E-state index is 13.1. The first-order valence-corrected chi connectivity index (χ1v) is 9.38. The zero-order valence-corrected chi connectivity index (χ0v) is 17.4. The molecule has 27 heavy (non-hydrogen) atoms. The minimum absolute atomic E-state index is 0.00441. The molecular weight excluding hydrogens is 341 g/mol. The lowest BCUT2D eigenvalue weighted by Gasteiger charge is -2.33. The third-order valence-corrected chi connectivity index (χ3v) is 4.31. The molecule has 0 aliphatic heterocycles. The van der Waals surface area contributed by atoms with Crippen LogP contribution in [0.5, 0.6) is 11.5 Å². The van der Waals surface area contributed by atoms with E-state index in [9.17, 15) is 4.39 Å². The van der Waals surface area contributed by atoms with Crippen molar-refractivity contribution in [1.82, 2.24) is 5.32 Å². The molecule has 0 unspecified atom stereocenters. The maximum Gasteiger partial charge on any atom is 0.166 e. The summed E-state index contributed by atoms with van der Waals surface area (Å²) in [6, 6.07) is 12.3. The Bertz CT molecular complexity index is 733. The molecular formula is C23H32FNO2. The highest BCUT2D eigenvalue weighted by Crippen LogP contribution is 2.33. The van der Waals surface area contributed by atoms with E-state index in [2.05, 4.69) is 39.9 Å². The predicted octanol–water partition coefficient (Wildman–Crippen LogP) is 5.72. The van der Waals surface area contributed by atoms with Crippen molar-refractivity contribution in [3.8, 4) is 11.5 Å². The van der Waals surface area contributed by atoms with E-state index in [1.54, 1.807) is 19.2 Å². The van der Waals surface area contributed by atoms with Crippen LogP contribution in [0.2, 0.25) is 0 Å². The Balaban J connectivity index is 2.13. The van der Waals surface area contributed by atoms with E-state index >= 15 is 0 Å². The molecule has 0 fully saturated rings. The molecule has 0 radical (unpaired) electrons. The fourth-order valence-electron chi connectivity index (χ4n) is 3.48. The second kappa shape index (κ2) is 8.75. The molecule has 2 aromatic rings. The maximum atomic E-state index is 13.1. The number of hydrogen-bond acceptors (Lipinski definition) is 3. The quantitative estimate of drug-likeness (QED) is 0.642. The van der Waals surface area contributed by atoms with Crippen LogP contribution in [0.25, 0.3) is 0 Å². The third-order valence-electron chi connectivity index (χ3n) is 4.31. The van der Waals surface area contributed by atoms with Gasteiger partial charge in [-0.1, -0.05) is 45.0 Å². The van der Waals surface area contributed by atoms with Crippen LogP contribution in [0.4, 0.5) is 4.39 Å². The molecule has 0 bridgehead atoms. The molecule has 4 heteroatoms. The first-order valence-electron chi connectivity index (χ1n) is 9.38. The zero-order chi connectivity index (χ0) is 20.1. The summed E-state index contributed by atoms with van der Waals surface area (Å²) < 4.78 is 24.7. The molecule has 2 rings (SSSR count). The summed E-state index contributed by atoms with van der Waals surface area (Å²) in [5, 5.41) is 3.64. The highest BCUT2D eigenvalue weighted by molar-refractivity contribution is 5.46. The number of halogens is 1. The van der Waals surface area contributed by atoms with Gasteiger partial charge in [-0.3, -0.25) is 0 Å². The van der Waals surface area contributed by atoms with Crippen molar-refractivity contribution in [3.05, 3.63) is 59.4 Å². The van der Waals surface area contributed by atoms with Crippen molar-refractivity contribution in [2.45, 2.75) is 59.7 Å². The number of ether oxygens (including phenoxy) is 2. The molecule has 0 saturated heterocycles. The van der Waals surface area contributed by atoms with Gasteiger partial charge in [-0.2, -0.15) is 0 Å². The molecule has 0 spiro atoms. The monoisotopic (exact) mass is 373 g/mol. The van der Waals surface area contributed by atoms with Gasteiger partial charge in [0, 0.05) is 17.6 Å². The molecule has 148 valence electrons. The van der Waals surface area contributed by atoms with Crippen molar-refractivity contribution < 1.29 is 13.9 Å². The van der Waals surface area contributed by atoms with E-state index in [1.165, 1.54) is 12.1 Å². The summed E-state index contributed by atoms with van der Waals surface area (Å²) in [7, 11) is 1.64. The van der Waals surface area contributed by atoms with E-state index in [0.29, 0.717) is 18.9 Å². The van der Waals surface area contributed by atoms with Crippen LogP contribution in [-0.4, -0.2) is 12.6 Å². The molecule has 3 nitrogen and oxygen atoms in total. The topological polar surface area (TPSA) is 30.5 Å². The van der Waals surface area contributed by atoms with Gasteiger partial charge in [0.25, 0.3) is 0 Å². The Labute approximate surface area is 162 Å². The summed E-state index contributed by atoms with van der Waals surface area (Å²) >= 11 is 0. The molecule has 0 atom stereocenters. The highest BCUT2D eigenvalue weighted by Gasteiger charge is 2.25. The summed E-state index contributed by atoms with van der Waals surface area (Å²) in [6.07, 6.45) is 1.05. The van der Waals surface area contributed by atoms with E-state index in [1.807, 2.05) is 18.2 Å². The van der Waals surface area contributed by atoms with Gasteiger partial charge in [-0.15, -0.1) is 0 Å².